The minimum Gasteiger partial charge on any atom is -0.395 e. The quantitative estimate of drug-likeness (QED) is 0.615. The lowest BCUT2D eigenvalue weighted by molar-refractivity contribution is -0.117. The SMILES string of the molecule is CCC(CC)N(CCO)CC(C)(C=O)CC. The average Bonchev–Trinajstić information content (AvgIpc) is 2.30. The van der Waals surface area contributed by atoms with Crippen LogP contribution in [-0.4, -0.2) is 42.0 Å². The van der Waals surface area contributed by atoms with Crippen molar-refractivity contribution < 1.29 is 9.90 Å². The standard InChI is InChI=1S/C13H27NO2/c1-5-12(6-2)14(8-9-15)10-13(4,7-3)11-16/h11-12,15H,5-10H2,1-4H3. The van der Waals surface area contributed by atoms with Gasteiger partial charge in [-0.05, 0) is 19.3 Å². The Morgan fingerprint density at radius 2 is 1.88 bits per heavy atom. The first-order valence-electron chi connectivity index (χ1n) is 6.38. The fourth-order valence-electron chi connectivity index (χ4n) is 2.02. The van der Waals surface area contributed by atoms with Gasteiger partial charge < -0.3 is 9.90 Å². The largest absolute Gasteiger partial charge is 0.395 e. The third kappa shape index (κ3) is 4.62. The van der Waals surface area contributed by atoms with Gasteiger partial charge in [0.1, 0.15) is 6.29 Å². The highest BCUT2D eigenvalue weighted by atomic mass is 16.3. The van der Waals surface area contributed by atoms with Crippen molar-refractivity contribution in [1.29, 1.82) is 0 Å². The van der Waals surface area contributed by atoms with E-state index in [1.165, 1.54) is 0 Å². The number of hydrogen-bond acceptors (Lipinski definition) is 3. The number of aliphatic hydroxyl groups excluding tert-OH is 1. The fraction of sp³-hybridized carbons (Fsp3) is 0.923. The van der Waals surface area contributed by atoms with E-state index in [0.29, 0.717) is 12.6 Å². The molecule has 0 spiro atoms. The van der Waals surface area contributed by atoms with E-state index >= 15 is 0 Å². The molecule has 1 atom stereocenters. The van der Waals surface area contributed by atoms with Crippen LogP contribution in [0.15, 0.2) is 0 Å². The number of aldehydes is 1. The minimum absolute atomic E-state index is 0.162. The second-order valence-corrected chi connectivity index (χ2v) is 4.79. The fourth-order valence-corrected chi connectivity index (χ4v) is 2.02. The zero-order valence-electron chi connectivity index (χ0n) is 11.2. The van der Waals surface area contributed by atoms with Crippen LogP contribution < -0.4 is 0 Å². The summed E-state index contributed by atoms with van der Waals surface area (Å²) >= 11 is 0. The predicted octanol–water partition coefficient (Wildman–Crippen LogP) is 2.08. The Morgan fingerprint density at radius 1 is 1.31 bits per heavy atom. The van der Waals surface area contributed by atoms with E-state index in [2.05, 4.69) is 18.7 Å². The highest BCUT2D eigenvalue weighted by molar-refractivity contribution is 5.58. The highest BCUT2D eigenvalue weighted by Gasteiger charge is 2.27. The Morgan fingerprint density at radius 3 is 2.19 bits per heavy atom. The van der Waals surface area contributed by atoms with E-state index in [0.717, 1.165) is 32.1 Å². The molecule has 0 aliphatic heterocycles. The van der Waals surface area contributed by atoms with Gasteiger partial charge in [0.2, 0.25) is 0 Å². The molecular weight excluding hydrogens is 202 g/mol. The Hall–Kier alpha value is -0.410. The molecule has 0 amide bonds. The number of rotatable bonds is 9. The molecule has 0 aliphatic carbocycles. The van der Waals surface area contributed by atoms with Gasteiger partial charge in [0.05, 0.1) is 6.61 Å². The molecule has 96 valence electrons. The Kier molecular flexibility index (Phi) is 7.60. The Labute approximate surface area is 99.8 Å². The van der Waals surface area contributed by atoms with Crippen LogP contribution in [0.4, 0.5) is 0 Å². The summed E-state index contributed by atoms with van der Waals surface area (Å²) in [5, 5.41) is 9.09. The van der Waals surface area contributed by atoms with Crippen molar-refractivity contribution in [3.05, 3.63) is 0 Å². The van der Waals surface area contributed by atoms with Gasteiger partial charge in [-0.1, -0.05) is 27.7 Å². The second kappa shape index (κ2) is 7.80. The van der Waals surface area contributed by atoms with E-state index in [4.69, 9.17) is 5.11 Å². The molecule has 0 aliphatic rings. The van der Waals surface area contributed by atoms with Gasteiger partial charge in [0, 0.05) is 24.5 Å². The van der Waals surface area contributed by atoms with Crippen LogP contribution in [0.1, 0.15) is 47.0 Å². The molecule has 3 nitrogen and oxygen atoms in total. The van der Waals surface area contributed by atoms with E-state index < -0.39 is 0 Å². The number of carbonyl (C=O) groups is 1. The first kappa shape index (κ1) is 15.6. The Bertz CT molecular complexity index is 192. The summed E-state index contributed by atoms with van der Waals surface area (Å²) in [6.45, 7) is 9.92. The lowest BCUT2D eigenvalue weighted by Crippen LogP contribution is -2.44. The summed E-state index contributed by atoms with van der Waals surface area (Å²) in [5.41, 5.74) is -0.280. The molecule has 0 fully saturated rings. The normalized spacial score (nSPS) is 15.4. The van der Waals surface area contributed by atoms with Crippen molar-refractivity contribution >= 4 is 6.29 Å². The zero-order chi connectivity index (χ0) is 12.6. The van der Waals surface area contributed by atoms with Gasteiger partial charge in [0.15, 0.2) is 0 Å². The molecule has 16 heavy (non-hydrogen) atoms. The van der Waals surface area contributed by atoms with E-state index in [-0.39, 0.29) is 12.0 Å². The van der Waals surface area contributed by atoms with Gasteiger partial charge in [-0.15, -0.1) is 0 Å². The average molecular weight is 229 g/mol. The zero-order valence-corrected chi connectivity index (χ0v) is 11.2. The van der Waals surface area contributed by atoms with Crippen molar-refractivity contribution in [1.82, 2.24) is 4.90 Å². The minimum atomic E-state index is -0.280. The number of nitrogens with zero attached hydrogens (tertiary/aromatic N) is 1. The molecule has 0 aromatic carbocycles. The van der Waals surface area contributed by atoms with Crippen LogP contribution in [0.5, 0.6) is 0 Å². The highest BCUT2D eigenvalue weighted by Crippen LogP contribution is 2.22. The molecule has 0 saturated heterocycles. The van der Waals surface area contributed by atoms with Crippen LogP contribution in [0, 0.1) is 5.41 Å². The maximum Gasteiger partial charge on any atom is 0.127 e. The predicted molar refractivity (Wildman–Crippen MR) is 67.5 cm³/mol. The van der Waals surface area contributed by atoms with Crippen molar-refractivity contribution in [3.63, 3.8) is 0 Å². The van der Waals surface area contributed by atoms with Gasteiger partial charge in [0.25, 0.3) is 0 Å². The number of aliphatic hydroxyl groups is 1. The number of hydrogen-bond donors (Lipinski definition) is 1. The van der Waals surface area contributed by atoms with E-state index in [9.17, 15) is 4.79 Å². The van der Waals surface area contributed by atoms with Crippen LogP contribution in [0.3, 0.4) is 0 Å². The second-order valence-electron chi connectivity index (χ2n) is 4.79. The van der Waals surface area contributed by atoms with Crippen LogP contribution >= 0.6 is 0 Å². The smallest absolute Gasteiger partial charge is 0.127 e. The summed E-state index contributed by atoms with van der Waals surface area (Å²) in [4.78, 5) is 13.4. The first-order valence-corrected chi connectivity index (χ1v) is 6.38. The van der Waals surface area contributed by atoms with Gasteiger partial charge >= 0.3 is 0 Å². The van der Waals surface area contributed by atoms with Gasteiger partial charge in [-0.3, -0.25) is 4.90 Å². The monoisotopic (exact) mass is 229 g/mol. The summed E-state index contributed by atoms with van der Waals surface area (Å²) in [7, 11) is 0. The maximum atomic E-state index is 11.1. The number of carbonyl (C=O) groups excluding carboxylic acids is 1. The molecule has 0 bridgehead atoms. The lowest BCUT2D eigenvalue weighted by Gasteiger charge is -2.35. The summed E-state index contributed by atoms with van der Waals surface area (Å²) < 4.78 is 0. The molecule has 0 rings (SSSR count). The third-order valence-corrected chi connectivity index (χ3v) is 3.50. The van der Waals surface area contributed by atoms with Crippen molar-refractivity contribution in [2.75, 3.05) is 19.7 Å². The Balaban J connectivity index is 4.58. The molecule has 0 radical (unpaired) electrons. The molecule has 0 saturated carbocycles. The summed E-state index contributed by atoms with van der Waals surface area (Å²) in [6, 6.07) is 0.470. The molecule has 0 aromatic rings. The molecule has 3 heteroatoms. The van der Waals surface area contributed by atoms with Crippen LogP contribution in [0.25, 0.3) is 0 Å². The van der Waals surface area contributed by atoms with Gasteiger partial charge in [-0.25, -0.2) is 0 Å². The molecule has 0 heterocycles. The third-order valence-electron chi connectivity index (χ3n) is 3.50. The van der Waals surface area contributed by atoms with Crippen molar-refractivity contribution in [3.8, 4) is 0 Å². The van der Waals surface area contributed by atoms with Crippen molar-refractivity contribution in [2.45, 2.75) is 53.0 Å². The lowest BCUT2D eigenvalue weighted by atomic mass is 9.88. The molecule has 0 aromatic heterocycles. The molecule has 1 N–H and O–H groups in total. The van der Waals surface area contributed by atoms with Crippen molar-refractivity contribution in [2.24, 2.45) is 5.41 Å². The topological polar surface area (TPSA) is 40.5 Å². The van der Waals surface area contributed by atoms with E-state index in [1.54, 1.807) is 0 Å². The maximum absolute atomic E-state index is 11.1. The molecule has 1 unspecified atom stereocenters. The van der Waals surface area contributed by atoms with E-state index in [1.807, 2.05) is 13.8 Å². The molecular formula is C13H27NO2. The van der Waals surface area contributed by atoms with Gasteiger partial charge in [-0.2, -0.15) is 0 Å². The first-order chi connectivity index (χ1) is 7.56. The summed E-state index contributed by atoms with van der Waals surface area (Å²) in [5.74, 6) is 0. The van der Waals surface area contributed by atoms with Crippen LogP contribution in [0.2, 0.25) is 0 Å². The van der Waals surface area contributed by atoms with Crippen LogP contribution in [-0.2, 0) is 4.79 Å². The summed E-state index contributed by atoms with van der Waals surface area (Å²) in [6.07, 6.45) is 4.03.